The molecule has 4 rings (SSSR count). The van der Waals surface area contributed by atoms with E-state index in [0.29, 0.717) is 34.4 Å². The Kier molecular flexibility index (Phi) is 7.93. The van der Waals surface area contributed by atoms with Gasteiger partial charge in [-0.15, -0.1) is 0 Å². The van der Waals surface area contributed by atoms with E-state index >= 15 is 0 Å². The predicted octanol–water partition coefficient (Wildman–Crippen LogP) is 5.74. The third-order valence-corrected chi connectivity index (χ3v) is 6.57. The molecule has 0 saturated carbocycles. The molecule has 1 saturated heterocycles. The van der Waals surface area contributed by atoms with Gasteiger partial charge in [0.1, 0.15) is 5.75 Å². The van der Waals surface area contributed by atoms with Crippen LogP contribution < -0.4 is 15.0 Å². The Morgan fingerprint density at radius 3 is 2.56 bits per heavy atom. The number of thioether (sulfide) groups is 1. The summed E-state index contributed by atoms with van der Waals surface area (Å²) in [5, 5.41) is 13.3. The Morgan fingerprint density at radius 1 is 1.14 bits per heavy atom. The molecule has 8 heteroatoms. The minimum atomic E-state index is -0.121. The number of aliphatic imine (C=N–C) groups is 1. The zero-order valence-electron chi connectivity index (χ0n) is 20.4. The van der Waals surface area contributed by atoms with E-state index in [0.717, 1.165) is 22.7 Å². The summed E-state index contributed by atoms with van der Waals surface area (Å²) in [5.41, 5.74) is 3.86. The summed E-state index contributed by atoms with van der Waals surface area (Å²) in [4.78, 5) is 22.6. The van der Waals surface area contributed by atoms with E-state index in [2.05, 4.69) is 11.4 Å². The van der Waals surface area contributed by atoms with Gasteiger partial charge in [0, 0.05) is 25.5 Å². The summed E-state index contributed by atoms with van der Waals surface area (Å²) in [6, 6.07) is 25.0. The summed E-state index contributed by atoms with van der Waals surface area (Å²) >= 11 is 1.32. The van der Waals surface area contributed by atoms with Crippen molar-refractivity contribution in [3.05, 3.63) is 95.0 Å². The highest BCUT2D eigenvalue weighted by atomic mass is 32.2. The van der Waals surface area contributed by atoms with E-state index in [4.69, 9.17) is 9.73 Å². The number of nitriles is 1. The molecule has 0 aromatic heterocycles. The SMILES string of the molecule is CCNc1ccc(C#N)cc1N=C1S/C(=C\N(C)c2ccc(OC)cc2)C(=O)N1Cc1ccccc1. The molecule has 36 heavy (non-hydrogen) atoms. The Morgan fingerprint density at radius 2 is 1.89 bits per heavy atom. The molecule has 1 fully saturated rings. The number of nitrogens with one attached hydrogen (secondary N) is 1. The number of amides is 1. The topological polar surface area (TPSA) is 81.0 Å². The monoisotopic (exact) mass is 497 g/mol. The largest absolute Gasteiger partial charge is 0.497 e. The maximum absolute atomic E-state index is 13.6. The van der Waals surface area contributed by atoms with Crippen molar-refractivity contribution in [2.45, 2.75) is 13.5 Å². The minimum Gasteiger partial charge on any atom is -0.497 e. The Hall–Kier alpha value is -4.22. The highest BCUT2D eigenvalue weighted by molar-refractivity contribution is 8.18. The summed E-state index contributed by atoms with van der Waals surface area (Å²) in [5.74, 6) is 0.648. The van der Waals surface area contributed by atoms with Crippen molar-refractivity contribution in [2.75, 3.05) is 30.9 Å². The number of hydrogen-bond donors (Lipinski definition) is 1. The molecule has 182 valence electrons. The number of methoxy groups -OCH3 is 1. The number of hydrogen-bond acceptors (Lipinski definition) is 7. The number of ether oxygens (including phenoxy) is 1. The van der Waals surface area contributed by atoms with Crippen molar-refractivity contribution < 1.29 is 9.53 Å². The van der Waals surface area contributed by atoms with Gasteiger partial charge in [0.2, 0.25) is 0 Å². The zero-order valence-corrected chi connectivity index (χ0v) is 21.2. The van der Waals surface area contributed by atoms with Crippen molar-refractivity contribution in [1.82, 2.24) is 4.90 Å². The van der Waals surface area contributed by atoms with Gasteiger partial charge in [0.25, 0.3) is 5.91 Å². The molecular formula is C28H27N5O2S. The normalized spacial score (nSPS) is 15.3. The molecule has 0 unspecified atom stereocenters. The van der Waals surface area contributed by atoms with Gasteiger partial charge >= 0.3 is 0 Å². The van der Waals surface area contributed by atoms with Crippen LogP contribution in [0.2, 0.25) is 0 Å². The maximum Gasteiger partial charge on any atom is 0.268 e. The van der Waals surface area contributed by atoms with Crippen molar-refractivity contribution in [1.29, 1.82) is 5.26 Å². The average molecular weight is 498 g/mol. The van der Waals surface area contributed by atoms with Gasteiger partial charge in [-0.25, -0.2) is 4.99 Å². The standard InChI is InChI=1S/C28H27N5O2S/c1-4-30-24-15-10-21(17-29)16-25(24)31-28-33(18-20-8-6-5-7-9-20)27(34)26(36-28)19-32(2)22-11-13-23(35-3)14-12-22/h5-16,19,30H,4,18H2,1-3H3/b26-19-,31-28?. The second kappa shape index (κ2) is 11.5. The van der Waals surface area contributed by atoms with E-state index in [1.165, 1.54) is 11.8 Å². The molecular weight excluding hydrogens is 470 g/mol. The van der Waals surface area contributed by atoms with E-state index in [9.17, 15) is 10.1 Å². The van der Waals surface area contributed by atoms with Crippen molar-refractivity contribution >= 4 is 39.9 Å². The van der Waals surface area contributed by atoms with Gasteiger partial charge in [-0.05, 0) is 66.7 Å². The quantitative estimate of drug-likeness (QED) is 0.400. The number of benzene rings is 3. The third-order valence-electron chi connectivity index (χ3n) is 5.57. The van der Waals surface area contributed by atoms with Crippen LogP contribution in [0, 0.1) is 11.3 Å². The van der Waals surface area contributed by atoms with Crippen molar-refractivity contribution in [3.63, 3.8) is 0 Å². The number of carbonyl (C=O) groups is 1. The Bertz CT molecular complexity index is 1330. The third kappa shape index (κ3) is 5.70. The van der Waals surface area contributed by atoms with Crippen LogP contribution in [0.15, 0.2) is 88.9 Å². The van der Waals surface area contributed by atoms with Gasteiger partial charge in [-0.3, -0.25) is 9.69 Å². The van der Waals surface area contributed by atoms with Crippen LogP contribution in [0.5, 0.6) is 5.75 Å². The smallest absolute Gasteiger partial charge is 0.268 e. The molecule has 1 heterocycles. The Balaban J connectivity index is 1.71. The van der Waals surface area contributed by atoms with E-state index in [1.807, 2.05) is 85.7 Å². The fraction of sp³-hybridized carbons (Fsp3) is 0.179. The molecule has 1 aliphatic rings. The molecule has 1 aliphatic heterocycles. The molecule has 1 N–H and O–H groups in total. The molecule has 3 aromatic carbocycles. The number of anilines is 2. The second-order valence-corrected chi connectivity index (χ2v) is 9.06. The number of rotatable bonds is 8. The van der Waals surface area contributed by atoms with Crippen LogP contribution >= 0.6 is 11.8 Å². The van der Waals surface area contributed by atoms with E-state index in [-0.39, 0.29) is 5.91 Å². The van der Waals surface area contributed by atoms with E-state index < -0.39 is 0 Å². The van der Waals surface area contributed by atoms with Crippen LogP contribution in [0.3, 0.4) is 0 Å². The van der Waals surface area contributed by atoms with Crippen LogP contribution in [-0.4, -0.2) is 36.7 Å². The molecule has 3 aromatic rings. The fourth-order valence-electron chi connectivity index (χ4n) is 3.69. The van der Waals surface area contributed by atoms with Crippen LogP contribution in [0.4, 0.5) is 17.1 Å². The first-order chi connectivity index (χ1) is 17.5. The summed E-state index contributed by atoms with van der Waals surface area (Å²) in [6.45, 7) is 3.10. The average Bonchev–Trinajstić information content (AvgIpc) is 3.19. The van der Waals surface area contributed by atoms with Gasteiger partial charge in [-0.2, -0.15) is 5.26 Å². The lowest BCUT2D eigenvalue weighted by atomic mass is 10.2. The molecule has 0 aliphatic carbocycles. The summed E-state index contributed by atoms with van der Waals surface area (Å²) in [6.07, 6.45) is 1.83. The minimum absolute atomic E-state index is 0.121. The number of nitrogens with zero attached hydrogens (tertiary/aromatic N) is 4. The molecule has 0 bridgehead atoms. The molecule has 7 nitrogen and oxygen atoms in total. The first-order valence-electron chi connectivity index (χ1n) is 11.5. The lowest BCUT2D eigenvalue weighted by molar-refractivity contribution is -0.122. The van der Waals surface area contributed by atoms with E-state index in [1.54, 1.807) is 24.1 Å². The summed E-state index contributed by atoms with van der Waals surface area (Å²) in [7, 11) is 3.53. The highest BCUT2D eigenvalue weighted by Gasteiger charge is 2.34. The first kappa shape index (κ1) is 24.9. The Labute approximate surface area is 215 Å². The molecule has 0 spiro atoms. The lowest BCUT2D eigenvalue weighted by Gasteiger charge is -2.17. The van der Waals surface area contributed by atoms with Crippen molar-refractivity contribution in [2.24, 2.45) is 4.99 Å². The zero-order chi connectivity index (χ0) is 25.5. The van der Waals surface area contributed by atoms with Crippen molar-refractivity contribution in [3.8, 4) is 11.8 Å². The summed E-state index contributed by atoms with van der Waals surface area (Å²) < 4.78 is 5.24. The van der Waals surface area contributed by atoms with Gasteiger partial charge in [0.15, 0.2) is 5.17 Å². The van der Waals surface area contributed by atoms with Crippen LogP contribution in [0.1, 0.15) is 18.1 Å². The van der Waals surface area contributed by atoms with Gasteiger partial charge in [-0.1, -0.05) is 30.3 Å². The van der Waals surface area contributed by atoms with Gasteiger partial charge in [0.05, 0.1) is 41.6 Å². The lowest BCUT2D eigenvalue weighted by Crippen LogP contribution is -2.28. The fourth-order valence-corrected chi connectivity index (χ4v) is 4.70. The molecule has 1 amide bonds. The maximum atomic E-state index is 13.6. The number of amidine groups is 1. The molecule has 0 radical (unpaired) electrons. The van der Waals surface area contributed by atoms with Gasteiger partial charge < -0.3 is 15.0 Å². The predicted molar refractivity (Wildman–Crippen MR) is 146 cm³/mol. The van der Waals surface area contributed by atoms with Crippen LogP contribution in [0.25, 0.3) is 0 Å². The molecule has 0 atom stereocenters. The number of carbonyl (C=O) groups excluding carboxylic acids is 1. The highest BCUT2D eigenvalue weighted by Crippen LogP contribution is 2.36. The second-order valence-electron chi connectivity index (χ2n) is 8.05. The van der Waals surface area contributed by atoms with Crippen LogP contribution in [-0.2, 0) is 11.3 Å². The first-order valence-corrected chi connectivity index (χ1v) is 12.3.